The Hall–Kier alpha value is -0.0500. The second-order valence-corrected chi connectivity index (χ2v) is 3.64. The average molecular weight is 222 g/mol. The molecule has 0 bridgehead atoms. The Labute approximate surface area is 77.1 Å². The van der Waals surface area contributed by atoms with Crippen molar-refractivity contribution in [2.75, 3.05) is 11.9 Å². The molecule has 66 valence electrons. The van der Waals surface area contributed by atoms with E-state index in [9.17, 15) is 4.79 Å². The average Bonchev–Trinajstić information content (AvgIpc) is 1.87. The molecule has 0 rings (SSSR count). The van der Waals surface area contributed by atoms with E-state index < -0.39 is 0 Å². The summed E-state index contributed by atoms with van der Waals surface area (Å²) in [5, 5.41) is 0.962. The Morgan fingerprint density at radius 3 is 2.36 bits per heavy atom. The smallest absolute Gasteiger partial charge is 0.219 e. The van der Waals surface area contributed by atoms with Crippen LogP contribution in [0, 0.1) is 0 Å². The van der Waals surface area contributed by atoms with E-state index in [-0.39, 0.29) is 5.91 Å². The third-order valence-electron chi connectivity index (χ3n) is 1.56. The summed E-state index contributed by atoms with van der Waals surface area (Å²) in [5.41, 5.74) is 0. The highest BCUT2D eigenvalue weighted by Gasteiger charge is 2.10. The van der Waals surface area contributed by atoms with E-state index in [2.05, 4.69) is 15.9 Å². The van der Waals surface area contributed by atoms with Crippen LogP contribution in [-0.4, -0.2) is 28.7 Å². The van der Waals surface area contributed by atoms with Crippen LogP contribution in [0.5, 0.6) is 0 Å². The first kappa shape index (κ1) is 11.0. The van der Waals surface area contributed by atoms with Gasteiger partial charge in [-0.15, -0.1) is 0 Å². The van der Waals surface area contributed by atoms with Crippen molar-refractivity contribution in [2.24, 2.45) is 0 Å². The quantitative estimate of drug-likeness (QED) is 0.666. The monoisotopic (exact) mass is 221 g/mol. The Morgan fingerprint density at radius 2 is 2.09 bits per heavy atom. The van der Waals surface area contributed by atoms with Crippen molar-refractivity contribution >= 4 is 21.8 Å². The van der Waals surface area contributed by atoms with Gasteiger partial charge in [-0.3, -0.25) is 4.79 Å². The van der Waals surface area contributed by atoms with Crippen molar-refractivity contribution in [3.8, 4) is 0 Å². The highest BCUT2D eigenvalue weighted by Crippen LogP contribution is 2.01. The first-order chi connectivity index (χ1) is 5.09. The second kappa shape index (κ2) is 5.58. The highest BCUT2D eigenvalue weighted by atomic mass is 79.9. The van der Waals surface area contributed by atoms with Gasteiger partial charge in [-0.05, 0) is 20.3 Å². The van der Waals surface area contributed by atoms with Crippen molar-refractivity contribution in [1.82, 2.24) is 4.90 Å². The van der Waals surface area contributed by atoms with Crippen LogP contribution < -0.4 is 0 Å². The van der Waals surface area contributed by atoms with Crippen LogP contribution in [0.4, 0.5) is 0 Å². The van der Waals surface area contributed by atoms with Crippen LogP contribution in [0.15, 0.2) is 0 Å². The SMILES string of the molecule is CC(=O)N(CCCBr)C(C)C. The summed E-state index contributed by atoms with van der Waals surface area (Å²) >= 11 is 3.34. The molecule has 2 nitrogen and oxygen atoms in total. The van der Waals surface area contributed by atoms with Crippen molar-refractivity contribution in [1.29, 1.82) is 0 Å². The van der Waals surface area contributed by atoms with E-state index in [1.165, 1.54) is 0 Å². The van der Waals surface area contributed by atoms with Gasteiger partial charge in [0.25, 0.3) is 0 Å². The Morgan fingerprint density at radius 1 is 1.55 bits per heavy atom. The van der Waals surface area contributed by atoms with Gasteiger partial charge in [-0.2, -0.15) is 0 Å². The van der Waals surface area contributed by atoms with Crippen molar-refractivity contribution in [2.45, 2.75) is 33.2 Å². The van der Waals surface area contributed by atoms with Crippen LogP contribution in [0.2, 0.25) is 0 Å². The molecule has 0 aromatic carbocycles. The summed E-state index contributed by atoms with van der Waals surface area (Å²) in [5.74, 6) is 0.168. The molecule has 0 atom stereocenters. The van der Waals surface area contributed by atoms with Crippen molar-refractivity contribution in [3.05, 3.63) is 0 Å². The molecule has 0 saturated heterocycles. The van der Waals surface area contributed by atoms with Gasteiger partial charge in [0.1, 0.15) is 0 Å². The summed E-state index contributed by atoms with van der Waals surface area (Å²) in [6, 6.07) is 0.326. The van der Waals surface area contributed by atoms with E-state index in [1.54, 1.807) is 6.92 Å². The summed E-state index contributed by atoms with van der Waals surface area (Å²) in [6.07, 6.45) is 1.03. The summed E-state index contributed by atoms with van der Waals surface area (Å²) in [7, 11) is 0. The molecule has 0 aromatic heterocycles. The molecule has 11 heavy (non-hydrogen) atoms. The van der Waals surface area contributed by atoms with E-state index >= 15 is 0 Å². The fourth-order valence-corrected chi connectivity index (χ4v) is 1.26. The van der Waals surface area contributed by atoms with Gasteiger partial charge in [-0.25, -0.2) is 0 Å². The number of hydrogen-bond acceptors (Lipinski definition) is 1. The topological polar surface area (TPSA) is 20.3 Å². The van der Waals surface area contributed by atoms with Gasteiger partial charge >= 0.3 is 0 Å². The van der Waals surface area contributed by atoms with Crippen LogP contribution >= 0.6 is 15.9 Å². The van der Waals surface area contributed by atoms with Gasteiger partial charge in [0.05, 0.1) is 0 Å². The molecule has 0 saturated carbocycles. The molecule has 0 aliphatic carbocycles. The zero-order valence-electron chi connectivity index (χ0n) is 7.43. The molecule has 0 N–H and O–H groups in total. The zero-order valence-corrected chi connectivity index (χ0v) is 9.02. The minimum Gasteiger partial charge on any atom is -0.340 e. The maximum absolute atomic E-state index is 11.0. The predicted molar refractivity (Wildman–Crippen MR) is 50.9 cm³/mol. The highest BCUT2D eigenvalue weighted by molar-refractivity contribution is 9.09. The molecule has 0 spiro atoms. The first-order valence-corrected chi connectivity index (χ1v) is 5.05. The molecule has 0 aliphatic rings. The van der Waals surface area contributed by atoms with Gasteiger partial charge in [-0.1, -0.05) is 15.9 Å². The van der Waals surface area contributed by atoms with Gasteiger partial charge in [0, 0.05) is 24.8 Å². The van der Waals surface area contributed by atoms with E-state index in [1.807, 2.05) is 18.7 Å². The van der Waals surface area contributed by atoms with Crippen LogP contribution in [0.3, 0.4) is 0 Å². The fourth-order valence-electron chi connectivity index (χ4n) is 1.01. The van der Waals surface area contributed by atoms with Crippen molar-refractivity contribution in [3.63, 3.8) is 0 Å². The normalized spacial score (nSPS) is 10.3. The Kier molecular flexibility index (Phi) is 5.56. The number of alkyl halides is 1. The predicted octanol–water partition coefficient (Wildman–Crippen LogP) is 2.03. The standard InChI is InChI=1S/C8H16BrNO/c1-7(2)10(8(3)11)6-4-5-9/h7H,4-6H2,1-3H3. The number of amides is 1. The summed E-state index contributed by atoms with van der Waals surface area (Å²) in [6.45, 7) is 6.55. The second-order valence-electron chi connectivity index (χ2n) is 2.85. The van der Waals surface area contributed by atoms with Crippen LogP contribution in [0.25, 0.3) is 0 Å². The summed E-state index contributed by atoms with van der Waals surface area (Å²) < 4.78 is 0. The molecule has 3 heteroatoms. The first-order valence-electron chi connectivity index (χ1n) is 3.92. The molecule has 0 radical (unpaired) electrons. The lowest BCUT2D eigenvalue weighted by Gasteiger charge is -2.24. The lowest BCUT2D eigenvalue weighted by molar-refractivity contribution is -0.130. The molecule has 0 aromatic rings. The number of nitrogens with zero attached hydrogens (tertiary/aromatic N) is 1. The molecule has 0 aliphatic heterocycles. The van der Waals surface area contributed by atoms with Gasteiger partial charge < -0.3 is 4.90 Å². The van der Waals surface area contributed by atoms with Gasteiger partial charge in [0.2, 0.25) is 5.91 Å². The Balaban J connectivity index is 3.80. The van der Waals surface area contributed by atoms with Crippen LogP contribution in [0.1, 0.15) is 27.2 Å². The van der Waals surface area contributed by atoms with Crippen LogP contribution in [-0.2, 0) is 4.79 Å². The molecular weight excluding hydrogens is 206 g/mol. The third-order valence-corrected chi connectivity index (χ3v) is 2.12. The molecule has 1 amide bonds. The Bertz CT molecular complexity index is 125. The molecule has 0 heterocycles. The summed E-state index contributed by atoms with van der Waals surface area (Å²) in [4.78, 5) is 12.9. The number of carbonyl (C=O) groups excluding carboxylic acids is 1. The molecule has 0 unspecified atom stereocenters. The lowest BCUT2D eigenvalue weighted by atomic mass is 10.3. The largest absolute Gasteiger partial charge is 0.340 e. The van der Waals surface area contributed by atoms with E-state index in [4.69, 9.17) is 0 Å². The fraction of sp³-hybridized carbons (Fsp3) is 0.875. The maximum Gasteiger partial charge on any atom is 0.219 e. The number of carbonyl (C=O) groups is 1. The number of rotatable bonds is 4. The minimum absolute atomic E-state index is 0.168. The molecule has 0 fully saturated rings. The maximum atomic E-state index is 11.0. The minimum atomic E-state index is 0.168. The zero-order chi connectivity index (χ0) is 8.85. The van der Waals surface area contributed by atoms with E-state index in [0.29, 0.717) is 6.04 Å². The number of hydrogen-bond donors (Lipinski definition) is 0. The molecular formula is C8H16BrNO. The number of halogens is 1. The lowest BCUT2D eigenvalue weighted by Crippen LogP contribution is -2.36. The van der Waals surface area contributed by atoms with Crippen molar-refractivity contribution < 1.29 is 4.79 Å². The van der Waals surface area contributed by atoms with E-state index in [0.717, 1.165) is 18.3 Å². The van der Waals surface area contributed by atoms with Gasteiger partial charge in [0.15, 0.2) is 0 Å². The third kappa shape index (κ3) is 4.40.